The maximum Gasteiger partial charge on any atom is -0.00459 e. The summed E-state index contributed by atoms with van der Waals surface area (Å²) in [7, 11) is 0. The minimum atomic E-state index is 1.16. The lowest BCUT2D eigenvalue weighted by molar-refractivity contribution is 0.560. The van der Waals surface area contributed by atoms with Gasteiger partial charge < -0.3 is 5.32 Å². The van der Waals surface area contributed by atoms with E-state index in [4.69, 9.17) is 0 Å². The Labute approximate surface area is 159 Å². The van der Waals surface area contributed by atoms with Crippen molar-refractivity contribution in [3.05, 3.63) is 24.8 Å². The smallest absolute Gasteiger partial charge is 0.00459 e. The first-order chi connectivity index (χ1) is 12.3. The van der Waals surface area contributed by atoms with Crippen molar-refractivity contribution in [2.45, 2.75) is 116 Å². The lowest BCUT2D eigenvalue weighted by Crippen LogP contribution is -2.16. The summed E-state index contributed by atoms with van der Waals surface area (Å²) in [6.07, 6.45) is 25.0. The maximum absolute atomic E-state index is 4.26. The normalized spacial score (nSPS) is 10.9. The molecule has 1 nitrogen and oxygen atoms in total. The lowest BCUT2D eigenvalue weighted by Gasteiger charge is -2.07. The van der Waals surface area contributed by atoms with Gasteiger partial charge in [-0.25, -0.2) is 0 Å². The van der Waals surface area contributed by atoms with E-state index in [0.717, 1.165) is 6.54 Å². The number of unbranched alkanes of at least 4 members (excludes halogenated alkanes) is 12. The zero-order valence-electron chi connectivity index (χ0n) is 17.4. The Kier molecular flexibility index (Phi) is 21.0. The molecule has 148 valence electrons. The molecule has 0 aliphatic rings. The summed E-state index contributed by atoms with van der Waals surface area (Å²) in [5, 5.41) is 3.59. The van der Waals surface area contributed by atoms with Crippen LogP contribution in [0.15, 0.2) is 24.8 Å². The van der Waals surface area contributed by atoms with E-state index in [1.54, 1.807) is 0 Å². The van der Waals surface area contributed by atoms with Crippen LogP contribution in [-0.2, 0) is 0 Å². The van der Waals surface area contributed by atoms with Gasteiger partial charge in [-0.3, -0.25) is 0 Å². The molecule has 0 bridgehead atoms. The zero-order chi connectivity index (χ0) is 18.4. The van der Waals surface area contributed by atoms with Crippen molar-refractivity contribution < 1.29 is 0 Å². The molecule has 0 aromatic heterocycles. The summed E-state index contributed by atoms with van der Waals surface area (Å²) in [5.41, 5.74) is 1.47. The fraction of sp³-hybridized carbons (Fsp3) is 0.833. The Morgan fingerprint density at radius 1 is 0.680 bits per heavy atom. The maximum atomic E-state index is 4.26. The molecule has 0 radical (unpaired) electrons. The van der Waals surface area contributed by atoms with E-state index < -0.39 is 0 Å². The molecule has 0 amide bonds. The van der Waals surface area contributed by atoms with E-state index in [0.29, 0.717) is 0 Å². The average molecular weight is 350 g/mol. The van der Waals surface area contributed by atoms with Crippen LogP contribution in [0.5, 0.6) is 0 Å². The molecule has 0 fully saturated rings. The predicted molar refractivity (Wildman–Crippen MR) is 116 cm³/mol. The number of hydrogen-bond donors (Lipinski definition) is 1. The summed E-state index contributed by atoms with van der Waals surface area (Å²) in [6.45, 7) is 12.7. The topological polar surface area (TPSA) is 12.0 Å². The van der Waals surface area contributed by atoms with Gasteiger partial charge in [-0.05, 0) is 58.0 Å². The molecule has 0 unspecified atom stereocenters. The molecule has 25 heavy (non-hydrogen) atoms. The van der Waals surface area contributed by atoms with Crippen LogP contribution in [0, 0.1) is 0 Å². The highest BCUT2D eigenvalue weighted by Gasteiger charge is 1.97. The third kappa shape index (κ3) is 21.4. The summed E-state index contributed by atoms with van der Waals surface area (Å²) in [4.78, 5) is 0. The number of allylic oxidation sites excluding steroid dienone is 2. The third-order valence-electron chi connectivity index (χ3n) is 5.03. The molecule has 0 rings (SSSR count). The van der Waals surface area contributed by atoms with Gasteiger partial charge in [0.2, 0.25) is 0 Å². The van der Waals surface area contributed by atoms with E-state index in [-0.39, 0.29) is 0 Å². The van der Waals surface area contributed by atoms with Gasteiger partial charge in [0.05, 0.1) is 0 Å². The minimum Gasteiger partial charge on any atom is -0.317 e. The summed E-state index contributed by atoms with van der Waals surface area (Å²) < 4.78 is 0. The first-order valence-corrected chi connectivity index (χ1v) is 11.3. The SMILES string of the molecule is C=CCCCCCCCNCCCC(=C)CCCCCCCCCC. The van der Waals surface area contributed by atoms with E-state index in [9.17, 15) is 0 Å². The third-order valence-corrected chi connectivity index (χ3v) is 5.03. The highest BCUT2D eigenvalue weighted by molar-refractivity contribution is 4.93. The van der Waals surface area contributed by atoms with E-state index in [2.05, 4.69) is 25.4 Å². The van der Waals surface area contributed by atoms with Crippen molar-refractivity contribution in [2.75, 3.05) is 13.1 Å². The predicted octanol–water partition coefficient (Wildman–Crippen LogP) is 7.97. The fourth-order valence-electron chi connectivity index (χ4n) is 3.29. The van der Waals surface area contributed by atoms with Crippen LogP contribution in [0.3, 0.4) is 0 Å². The molecule has 0 aliphatic carbocycles. The average Bonchev–Trinajstić information content (AvgIpc) is 2.62. The van der Waals surface area contributed by atoms with Gasteiger partial charge in [-0.2, -0.15) is 0 Å². The van der Waals surface area contributed by atoms with Gasteiger partial charge >= 0.3 is 0 Å². The van der Waals surface area contributed by atoms with Gasteiger partial charge in [0.15, 0.2) is 0 Å². The highest BCUT2D eigenvalue weighted by Crippen LogP contribution is 2.14. The van der Waals surface area contributed by atoms with Crippen molar-refractivity contribution in [2.24, 2.45) is 0 Å². The minimum absolute atomic E-state index is 1.16. The monoisotopic (exact) mass is 349 g/mol. The van der Waals surface area contributed by atoms with Crippen LogP contribution in [-0.4, -0.2) is 13.1 Å². The molecule has 0 aromatic rings. The number of rotatable bonds is 21. The van der Waals surface area contributed by atoms with Crippen LogP contribution in [0.1, 0.15) is 116 Å². The van der Waals surface area contributed by atoms with Crippen molar-refractivity contribution in [1.82, 2.24) is 5.32 Å². The molecular weight excluding hydrogens is 302 g/mol. The molecule has 0 aromatic carbocycles. The van der Waals surface area contributed by atoms with Crippen molar-refractivity contribution >= 4 is 0 Å². The molecule has 0 aliphatic heterocycles. The molecule has 0 heterocycles. The molecule has 1 N–H and O–H groups in total. The van der Waals surface area contributed by atoms with E-state index in [1.165, 1.54) is 121 Å². The highest BCUT2D eigenvalue weighted by atomic mass is 14.8. The van der Waals surface area contributed by atoms with Crippen LogP contribution >= 0.6 is 0 Å². The molecule has 0 atom stereocenters. The van der Waals surface area contributed by atoms with Crippen molar-refractivity contribution in [1.29, 1.82) is 0 Å². The van der Waals surface area contributed by atoms with Crippen LogP contribution in [0.2, 0.25) is 0 Å². The zero-order valence-corrected chi connectivity index (χ0v) is 17.4. The molecular formula is C24H47N. The molecule has 1 heteroatoms. The summed E-state index contributed by atoms with van der Waals surface area (Å²) in [5.74, 6) is 0. The molecule has 0 saturated heterocycles. The Morgan fingerprint density at radius 3 is 1.88 bits per heavy atom. The van der Waals surface area contributed by atoms with E-state index >= 15 is 0 Å². The summed E-state index contributed by atoms with van der Waals surface area (Å²) in [6, 6.07) is 0. The van der Waals surface area contributed by atoms with Gasteiger partial charge in [0.25, 0.3) is 0 Å². The Bertz CT molecular complexity index is 282. The first-order valence-electron chi connectivity index (χ1n) is 11.3. The quantitative estimate of drug-likeness (QED) is 0.164. The number of hydrogen-bond acceptors (Lipinski definition) is 1. The van der Waals surface area contributed by atoms with Crippen LogP contribution < -0.4 is 5.32 Å². The summed E-state index contributed by atoms with van der Waals surface area (Å²) >= 11 is 0. The molecule has 0 spiro atoms. The van der Waals surface area contributed by atoms with Crippen molar-refractivity contribution in [3.8, 4) is 0 Å². The van der Waals surface area contributed by atoms with Gasteiger partial charge in [-0.1, -0.05) is 89.4 Å². The second-order valence-corrected chi connectivity index (χ2v) is 7.67. The Balaban J connectivity index is 3.14. The second-order valence-electron chi connectivity index (χ2n) is 7.67. The fourth-order valence-corrected chi connectivity index (χ4v) is 3.29. The van der Waals surface area contributed by atoms with E-state index in [1.807, 2.05) is 6.08 Å². The van der Waals surface area contributed by atoms with Gasteiger partial charge in [0.1, 0.15) is 0 Å². The standard InChI is InChI=1S/C24H47N/c1-4-6-8-10-12-13-15-17-20-24(3)21-19-23-25-22-18-16-14-11-9-7-5-2/h5,25H,2-4,6-23H2,1H3. The van der Waals surface area contributed by atoms with Gasteiger partial charge in [0, 0.05) is 0 Å². The van der Waals surface area contributed by atoms with Crippen LogP contribution in [0.25, 0.3) is 0 Å². The van der Waals surface area contributed by atoms with Gasteiger partial charge in [-0.15, -0.1) is 6.58 Å². The molecule has 0 saturated carbocycles. The number of nitrogens with one attached hydrogen (secondary N) is 1. The van der Waals surface area contributed by atoms with Crippen molar-refractivity contribution in [3.63, 3.8) is 0 Å². The Morgan fingerprint density at radius 2 is 1.20 bits per heavy atom. The Hall–Kier alpha value is -0.560. The largest absolute Gasteiger partial charge is 0.317 e. The van der Waals surface area contributed by atoms with Crippen LogP contribution in [0.4, 0.5) is 0 Å². The lowest BCUT2D eigenvalue weighted by atomic mass is 10.0. The second kappa shape index (κ2) is 21.5. The first kappa shape index (κ1) is 24.4.